The van der Waals surface area contributed by atoms with E-state index < -0.39 is 116 Å². The molecule has 264 valence electrons. The molecule has 0 aromatic carbocycles. The van der Waals surface area contributed by atoms with Crippen LogP contribution in [-0.2, 0) is 85.7 Å². The predicted molar refractivity (Wildman–Crippen MR) is 149 cm³/mol. The summed E-state index contributed by atoms with van der Waals surface area (Å²) in [6.45, 7) is 9.85. The number of hydrogen-bond acceptors (Lipinski definition) is 18. The van der Waals surface area contributed by atoms with Crippen LogP contribution in [0.2, 0.25) is 0 Å². The Hall–Kier alpha value is -4.13. The summed E-state index contributed by atoms with van der Waals surface area (Å²) in [4.78, 5) is 84.6. The van der Waals surface area contributed by atoms with E-state index in [1.165, 1.54) is 6.08 Å². The van der Waals surface area contributed by atoms with Gasteiger partial charge in [0.05, 0.1) is 6.61 Å². The zero-order valence-corrected chi connectivity index (χ0v) is 27.0. The molecule has 47 heavy (non-hydrogen) atoms. The molecular weight excluding hydrogens is 636 g/mol. The first-order chi connectivity index (χ1) is 22.0. The summed E-state index contributed by atoms with van der Waals surface area (Å²) in [5, 5.41) is 0. The van der Waals surface area contributed by atoms with E-state index in [9.17, 15) is 33.6 Å². The smallest absolute Gasteiger partial charge is 0.303 e. The third-order valence-electron chi connectivity index (χ3n) is 6.26. The maximum absolute atomic E-state index is 12.3. The summed E-state index contributed by atoms with van der Waals surface area (Å²) < 4.78 is 61.3. The van der Waals surface area contributed by atoms with Gasteiger partial charge in [0.1, 0.15) is 31.5 Å². The highest BCUT2D eigenvalue weighted by molar-refractivity contribution is 5.69. The molecule has 0 saturated carbocycles. The molecule has 2 heterocycles. The maximum atomic E-state index is 12.3. The van der Waals surface area contributed by atoms with E-state index in [4.69, 9.17) is 52.1 Å². The van der Waals surface area contributed by atoms with Crippen molar-refractivity contribution in [2.45, 2.75) is 110 Å². The fourth-order valence-corrected chi connectivity index (χ4v) is 4.77. The van der Waals surface area contributed by atoms with Gasteiger partial charge < -0.3 is 52.1 Å². The Morgan fingerprint density at radius 3 is 1.30 bits per heavy atom. The first kappa shape index (κ1) is 39.1. The highest BCUT2D eigenvalue weighted by Crippen LogP contribution is 2.35. The van der Waals surface area contributed by atoms with Gasteiger partial charge in [0, 0.05) is 48.5 Å². The van der Waals surface area contributed by atoms with Crippen LogP contribution in [0.4, 0.5) is 0 Å². The van der Waals surface area contributed by atoms with Crippen LogP contribution in [0.5, 0.6) is 0 Å². The summed E-state index contributed by atoms with van der Waals surface area (Å²) in [5.41, 5.74) is 0. The van der Waals surface area contributed by atoms with Crippen molar-refractivity contribution < 1.29 is 85.7 Å². The monoisotopic (exact) mass is 676 g/mol. The second-order valence-corrected chi connectivity index (χ2v) is 10.3. The quantitative estimate of drug-likeness (QED) is 0.132. The normalized spacial score (nSPS) is 30.1. The second kappa shape index (κ2) is 18.3. The molecule has 0 bridgehead atoms. The lowest BCUT2D eigenvalue weighted by molar-refractivity contribution is -0.360. The largest absolute Gasteiger partial charge is 0.463 e. The molecule has 2 rings (SSSR count). The van der Waals surface area contributed by atoms with Crippen molar-refractivity contribution in [2.24, 2.45) is 0 Å². The molecule has 0 aromatic heterocycles. The Kier molecular flexibility index (Phi) is 15.2. The first-order valence-corrected chi connectivity index (χ1v) is 14.4. The van der Waals surface area contributed by atoms with Gasteiger partial charge >= 0.3 is 41.8 Å². The lowest BCUT2D eigenvalue weighted by atomic mass is 9.96. The standard InChI is InChI=1S/C29H40O18/c1-9-10-37-28-26(43-18(7)35)25(42-17(6)34)23(21(45-28)12-39-14(3)31)47-29-27(44-19(8)36)24(41-16(5)33)22(40-15(4)32)20(46-29)11-38-13(2)30/h9,20-29H,1,10-12H2,2-8H3/t20-,21-,22-,23-,24+,25+,26-,27-,28?,29-/m1/s1. The molecule has 18 nitrogen and oxygen atoms in total. The van der Waals surface area contributed by atoms with Crippen molar-refractivity contribution >= 4 is 41.8 Å². The molecule has 0 N–H and O–H groups in total. The molecule has 0 radical (unpaired) electrons. The van der Waals surface area contributed by atoms with Crippen LogP contribution < -0.4 is 0 Å². The minimum absolute atomic E-state index is 0.110. The molecule has 2 aliphatic heterocycles. The number of carbonyl (C=O) groups is 7. The van der Waals surface area contributed by atoms with Crippen molar-refractivity contribution in [1.82, 2.24) is 0 Å². The SMILES string of the molecule is C=CCOC1O[C@H](COC(C)=O)[C@@H](O[C@H]2O[C@H](COC(C)=O)[C@@H](OC(C)=O)[C@H](OC(C)=O)[C@H]2OC(C)=O)[C@H](OC(C)=O)[C@H]1OC(C)=O. The number of ether oxygens (including phenoxy) is 11. The van der Waals surface area contributed by atoms with Gasteiger partial charge in [0.25, 0.3) is 0 Å². The van der Waals surface area contributed by atoms with Crippen molar-refractivity contribution in [3.05, 3.63) is 12.7 Å². The average Bonchev–Trinajstić information content (AvgIpc) is 2.94. The van der Waals surface area contributed by atoms with Gasteiger partial charge in [-0.3, -0.25) is 33.6 Å². The molecule has 2 saturated heterocycles. The molecule has 1 unspecified atom stereocenters. The molecule has 2 fully saturated rings. The highest BCUT2D eigenvalue weighted by atomic mass is 16.8. The molecule has 0 amide bonds. The van der Waals surface area contributed by atoms with Crippen LogP contribution in [-0.4, -0.2) is 123 Å². The molecular formula is C29H40O18. The van der Waals surface area contributed by atoms with Gasteiger partial charge in [0.15, 0.2) is 43.1 Å². The summed E-state index contributed by atoms with van der Waals surface area (Å²) >= 11 is 0. The zero-order valence-electron chi connectivity index (χ0n) is 27.0. The number of esters is 7. The van der Waals surface area contributed by atoms with Crippen molar-refractivity contribution in [2.75, 3.05) is 19.8 Å². The van der Waals surface area contributed by atoms with Gasteiger partial charge in [-0.15, -0.1) is 6.58 Å². The fraction of sp³-hybridized carbons (Fsp3) is 0.690. The molecule has 0 aromatic rings. The van der Waals surface area contributed by atoms with E-state index >= 15 is 0 Å². The van der Waals surface area contributed by atoms with E-state index in [1.807, 2.05) is 0 Å². The molecule has 0 spiro atoms. The van der Waals surface area contributed by atoms with Gasteiger partial charge in [-0.2, -0.15) is 0 Å². The lowest BCUT2D eigenvalue weighted by Crippen LogP contribution is -2.67. The summed E-state index contributed by atoms with van der Waals surface area (Å²) in [7, 11) is 0. The summed E-state index contributed by atoms with van der Waals surface area (Å²) in [5.74, 6) is -5.81. The zero-order chi connectivity index (χ0) is 35.4. The van der Waals surface area contributed by atoms with Crippen molar-refractivity contribution in [3.8, 4) is 0 Å². The van der Waals surface area contributed by atoms with Crippen molar-refractivity contribution in [1.29, 1.82) is 0 Å². The fourth-order valence-electron chi connectivity index (χ4n) is 4.77. The summed E-state index contributed by atoms with van der Waals surface area (Å²) in [6.07, 6.45) is -13.9. The topological polar surface area (TPSA) is 221 Å². The minimum Gasteiger partial charge on any atom is -0.463 e. The first-order valence-electron chi connectivity index (χ1n) is 14.4. The molecule has 18 heteroatoms. The average molecular weight is 677 g/mol. The number of carbonyl (C=O) groups excluding carboxylic acids is 7. The predicted octanol–water partition coefficient (Wildman–Crippen LogP) is -0.191. The van der Waals surface area contributed by atoms with E-state index in [0.29, 0.717) is 0 Å². The van der Waals surface area contributed by atoms with E-state index in [0.717, 1.165) is 48.5 Å². The third kappa shape index (κ3) is 12.2. The van der Waals surface area contributed by atoms with E-state index in [1.54, 1.807) is 0 Å². The van der Waals surface area contributed by atoms with Crippen LogP contribution in [0.15, 0.2) is 12.7 Å². The third-order valence-corrected chi connectivity index (χ3v) is 6.26. The highest BCUT2D eigenvalue weighted by Gasteiger charge is 2.57. The van der Waals surface area contributed by atoms with Crippen LogP contribution in [0.1, 0.15) is 48.5 Å². The van der Waals surface area contributed by atoms with E-state index in [2.05, 4.69) is 6.58 Å². The summed E-state index contributed by atoms with van der Waals surface area (Å²) in [6, 6.07) is 0. The van der Waals surface area contributed by atoms with Crippen molar-refractivity contribution in [3.63, 3.8) is 0 Å². The van der Waals surface area contributed by atoms with Gasteiger partial charge in [-0.1, -0.05) is 6.08 Å². The Bertz CT molecular complexity index is 1170. The molecule has 2 aliphatic rings. The number of rotatable bonds is 14. The van der Waals surface area contributed by atoms with Crippen LogP contribution in [0.3, 0.4) is 0 Å². The Balaban J connectivity index is 2.72. The van der Waals surface area contributed by atoms with Crippen LogP contribution >= 0.6 is 0 Å². The molecule has 10 atom stereocenters. The Morgan fingerprint density at radius 2 is 0.872 bits per heavy atom. The van der Waals surface area contributed by atoms with Gasteiger partial charge in [-0.25, -0.2) is 0 Å². The second-order valence-electron chi connectivity index (χ2n) is 10.3. The number of hydrogen-bond donors (Lipinski definition) is 0. The Labute approximate surface area is 270 Å². The minimum atomic E-state index is -1.77. The van der Waals surface area contributed by atoms with Gasteiger partial charge in [0.2, 0.25) is 0 Å². The lowest BCUT2D eigenvalue weighted by Gasteiger charge is -2.48. The molecule has 0 aliphatic carbocycles. The van der Waals surface area contributed by atoms with Gasteiger partial charge in [-0.05, 0) is 0 Å². The Morgan fingerprint density at radius 1 is 0.511 bits per heavy atom. The van der Waals surface area contributed by atoms with E-state index in [-0.39, 0.29) is 6.61 Å². The van der Waals surface area contributed by atoms with Crippen LogP contribution in [0.25, 0.3) is 0 Å². The van der Waals surface area contributed by atoms with Crippen LogP contribution in [0, 0.1) is 0 Å². The maximum Gasteiger partial charge on any atom is 0.303 e.